The van der Waals surface area contributed by atoms with Crippen molar-refractivity contribution in [2.24, 2.45) is 10.1 Å². The third-order valence-corrected chi connectivity index (χ3v) is 4.71. The molecule has 2 N–H and O–H groups in total. The van der Waals surface area contributed by atoms with Gasteiger partial charge in [0.2, 0.25) is 5.91 Å². The van der Waals surface area contributed by atoms with E-state index in [0.29, 0.717) is 0 Å². The summed E-state index contributed by atoms with van der Waals surface area (Å²) in [6.07, 6.45) is 0.228. The molecule has 1 atom stereocenters. The Bertz CT molecular complexity index is 461. The molecular formula is C12H18N2O2S2. The van der Waals surface area contributed by atoms with Gasteiger partial charge in [-0.15, -0.1) is 11.3 Å². The van der Waals surface area contributed by atoms with Gasteiger partial charge >= 0.3 is 0 Å². The number of nitrogens with zero attached hydrogens (tertiary/aromatic N) is 1. The van der Waals surface area contributed by atoms with Gasteiger partial charge in [0.15, 0.2) is 0 Å². The van der Waals surface area contributed by atoms with Crippen LogP contribution < -0.4 is 5.73 Å². The lowest BCUT2D eigenvalue weighted by Crippen LogP contribution is -2.26. The Labute approximate surface area is 115 Å². The lowest BCUT2D eigenvalue weighted by atomic mass is 10.2. The van der Waals surface area contributed by atoms with E-state index < -0.39 is 11.4 Å². The van der Waals surface area contributed by atoms with Crippen LogP contribution in [0.4, 0.5) is 0 Å². The molecule has 0 saturated carbocycles. The van der Waals surface area contributed by atoms with Gasteiger partial charge in [0.1, 0.15) is 21.8 Å². The van der Waals surface area contributed by atoms with E-state index in [-0.39, 0.29) is 17.1 Å². The molecule has 1 rings (SSSR count). The second-order valence-electron chi connectivity index (χ2n) is 5.00. The van der Waals surface area contributed by atoms with Crippen molar-refractivity contribution in [3.63, 3.8) is 0 Å². The van der Waals surface area contributed by atoms with Crippen molar-refractivity contribution in [2.45, 2.75) is 38.9 Å². The molecule has 4 nitrogen and oxygen atoms in total. The molecule has 1 amide bonds. The Morgan fingerprint density at radius 2 is 2.17 bits per heavy atom. The third kappa shape index (κ3) is 4.44. The summed E-state index contributed by atoms with van der Waals surface area (Å²) in [5.41, 5.74) is 6.73. The largest absolute Gasteiger partial charge is 0.591 e. The van der Waals surface area contributed by atoms with Crippen molar-refractivity contribution < 1.29 is 9.35 Å². The zero-order chi connectivity index (χ0) is 13.9. The minimum atomic E-state index is -1.27. The summed E-state index contributed by atoms with van der Waals surface area (Å²) >= 11 is 0.213. The predicted octanol–water partition coefficient (Wildman–Crippen LogP) is 2.05. The van der Waals surface area contributed by atoms with Gasteiger partial charge in [-0.3, -0.25) is 4.79 Å². The van der Waals surface area contributed by atoms with Crippen LogP contribution in [0.5, 0.6) is 0 Å². The Kier molecular flexibility index (Phi) is 4.95. The molecule has 1 heterocycles. The third-order valence-electron chi connectivity index (χ3n) is 2.13. The zero-order valence-electron chi connectivity index (χ0n) is 11.0. The van der Waals surface area contributed by atoms with E-state index in [1.54, 1.807) is 0 Å². The summed E-state index contributed by atoms with van der Waals surface area (Å²) < 4.78 is 15.7. The predicted molar refractivity (Wildman–Crippen MR) is 77.3 cm³/mol. The van der Waals surface area contributed by atoms with Crippen molar-refractivity contribution in [3.05, 3.63) is 21.9 Å². The molecule has 1 aromatic rings. The second-order valence-corrected chi connectivity index (χ2v) is 7.82. The summed E-state index contributed by atoms with van der Waals surface area (Å²) in [5.74, 6) is -0.354. The van der Waals surface area contributed by atoms with Crippen molar-refractivity contribution in [2.75, 3.05) is 0 Å². The van der Waals surface area contributed by atoms with Crippen LogP contribution in [0.1, 0.15) is 38.1 Å². The van der Waals surface area contributed by atoms with Crippen LogP contribution in [0, 0.1) is 0 Å². The molecule has 0 bridgehead atoms. The monoisotopic (exact) mass is 286 g/mol. The van der Waals surface area contributed by atoms with Gasteiger partial charge < -0.3 is 10.3 Å². The number of hydrogen-bond donors (Lipinski definition) is 1. The number of rotatable bonds is 4. The van der Waals surface area contributed by atoms with Gasteiger partial charge in [-0.05, 0) is 44.7 Å². The highest BCUT2D eigenvalue weighted by molar-refractivity contribution is 7.91. The summed E-state index contributed by atoms with van der Waals surface area (Å²) in [6, 6.07) is 1.87. The molecular weight excluding hydrogens is 268 g/mol. The van der Waals surface area contributed by atoms with Crippen LogP contribution in [0.3, 0.4) is 0 Å². The highest BCUT2D eigenvalue weighted by atomic mass is 32.2. The quantitative estimate of drug-likeness (QED) is 0.679. The fourth-order valence-electron chi connectivity index (χ4n) is 1.17. The fraction of sp³-hybridized carbons (Fsp3) is 0.500. The van der Waals surface area contributed by atoms with Gasteiger partial charge in [0, 0.05) is 0 Å². The number of hydrogen-bond acceptors (Lipinski definition) is 4. The lowest BCUT2D eigenvalue weighted by molar-refractivity contribution is -0.117. The number of carbonyl (C=O) groups is 1. The van der Waals surface area contributed by atoms with Crippen molar-refractivity contribution in [1.29, 1.82) is 0 Å². The van der Waals surface area contributed by atoms with Crippen molar-refractivity contribution in [3.8, 4) is 0 Å². The number of primary amides is 1. The Hall–Kier alpha value is -0.850. The molecule has 0 unspecified atom stereocenters. The smallest absolute Gasteiger partial charge is 0.221 e. The van der Waals surface area contributed by atoms with E-state index in [9.17, 15) is 9.35 Å². The molecule has 0 radical (unpaired) electrons. The molecule has 0 aliphatic rings. The fourth-order valence-corrected chi connectivity index (χ4v) is 2.71. The maximum Gasteiger partial charge on any atom is 0.221 e. The molecule has 0 saturated heterocycles. The first-order valence-electron chi connectivity index (χ1n) is 5.53. The Balaban J connectivity index is 2.84. The minimum absolute atomic E-state index is 0.228. The van der Waals surface area contributed by atoms with Gasteiger partial charge in [0.05, 0.1) is 11.3 Å². The first kappa shape index (κ1) is 15.2. The molecule has 100 valence electrons. The zero-order valence-corrected chi connectivity index (χ0v) is 12.7. The van der Waals surface area contributed by atoms with Gasteiger partial charge in [-0.25, -0.2) is 0 Å². The molecule has 0 aliphatic carbocycles. The summed E-state index contributed by atoms with van der Waals surface area (Å²) in [7, 11) is 0. The van der Waals surface area contributed by atoms with Crippen LogP contribution >= 0.6 is 11.3 Å². The molecule has 0 aromatic carbocycles. The van der Waals surface area contributed by atoms with E-state index >= 15 is 0 Å². The van der Waals surface area contributed by atoms with Crippen LogP contribution in [-0.4, -0.2) is 20.9 Å². The normalized spacial score (nSPS) is 14.6. The summed E-state index contributed by atoms with van der Waals surface area (Å²) in [5, 5.41) is 1.87. The summed E-state index contributed by atoms with van der Waals surface area (Å²) in [4.78, 5) is 11.7. The molecule has 1 aromatic heterocycles. The van der Waals surface area contributed by atoms with E-state index in [2.05, 4.69) is 4.40 Å². The summed E-state index contributed by atoms with van der Waals surface area (Å²) in [6.45, 7) is 7.47. The maximum atomic E-state index is 11.9. The number of amides is 1. The van der Waals surface area contributed by atoms with E-state index in [1.807, 2.05) is 39.1 Å². The standard InChI is InChI=1S/C12H18N2O2S2/c1-8(14-18(16)12(2,3)4)10-5-9(7-17-10)6-11(13)15/h5,7H,6H2,1-4H3,(H2,13,15)/b14-8+/t18-/m0/s1. The van der Waals surface area contributed by atoms with Crippen LogP contribution in [-0.2, 0) is 22.6 Å². The minimum Gasteiger partial charge on any atom is -0.591 e. The highest BCUT2D eigenvalue weighted by Crippen LogP contribution is 2.21. The lowest BCUT2D eigenvalue weighted by Gasteiger charge is -2.18. The SMILES string of the molecule is C/C(=N\[S@@+]([O-])C(C)(C)C)c1cc(CC(N)=O)cs1. The first-order valence-corrected chi connectivity index (χ1v) is 7.52. The average Bonchev–Trinajstić information content (AvgIpc) is 2.63. The van der Waals surface area contributed by atoms with E-state index in [0.717, 1.165) is 16.2 Å². The van der Waals surface area contributed by atoms with Crippen LogP contribution in [0.15, 0.2) is 15.8 Å². The average molecular weight is 286 g/mol. The first-order chi connectivity index (χ1) is 8.20. The molecule has 0 spiro atoms. The van der Waals surface area contributed by atoms with Gasteiger partial charge in [0.25, 0.3) is 0 Å². The molecule has 0 aliphatic heterocycles. The van der Waals surface area contributed by atoms with Crippen LogP contribution in [0.25, 0.3) is 0 Å². The Morgan fingerprint density at radius 1 is 1.56 bits per heavy atom. The van der Waals surface area contributed by atoms with E-state index in [1.165, 1.54) is 11.3 Å². The van der Waals surface area contributed by atoms with Crippen molar-refractivity contribution in [1.82, 2.24) is 0 Å². The topological polar surface area (TPSA) is 78.5 Å². The van der Waals surface area contributed by atoms with Gasteiger partial charge in [-0.1, -0.05) is 4.40 Å². The number of nitrogens with two attached hydrogens (primary N) is 1. The van der Waals surface area contributed by atoms with Crippen LogP contribution in [0.2, 0.25) is 0 Å². The molecule has 18 heavy (non-hydrogen) atoms. The van der Waals surface area contributed by atoms with E-state index in [4.69, 9.17) is 5.73 Å². The number of thiophene rings is 1. The van der Waals surface area contributed by atoms with Crippen molar-refractivity contribution >= 4 is 34.3 Å². The molecule has 6 heteroatoms. The second kappa shape index (κ2) is 5.86. The van der Waals surface area contributed by atoms with Gasteiger partial charge in [-0.2, -0.15) is 0 Å². The Morgan fingerprint density at radius 3 is 2.67 bits per heavy atom. The highest BCUT2D eigenvalue weighted by Gasteiger charge is 2.26. The number of carbonyl (C=O) groups excluding carboxylic acids is 1. The maximum absolute atomic E-state index is 11.9. The molecule has 0 fully saturated rings.